The number of rotatable bonds is 9. The van der Waals surface area contributed by atoms with Crippen molar-refractivity contribution in [1.29, 1.82) is 0 Å². The van der Waals surface area contributed by atoms with Gasteiger partial charge in [0.05, 0.1) is 12.9 Å². The fraction of sp³-hybridized carbons (Fsp3) is 0.846. The van der Waals surface area contributed by atoms with Crippen LogP contribution in [-0.2, 0) is 24.3 Å². The van der Waals surface area contributed by atoms with Gasteiger partial charge in [-0.25, -0.2) is 13.1 Å². The van der Waals surface area contributed by atoms with Crippen LogP contribution >= 0.6 is 0 Å². The molecule has 1 unspecified atom stereocenters. The molecule has 0 aromatic rings. The van der Waals surface area contributed by atoms with Gasteiger partial charge in [-0.15, -0.1) is 0 Å². The van der Waals surface area contributed by atoms with E-state index in [-0.39, 0.29) is 30.4 Å². The fourth-order valence-corrected chi connectivity index (χ4v) is 3.04. The first-order valence-corrected chi connectivity index (χ1v) is 8.52. The van der Waals surface area contributed by atoms with Crippen LogP contribution in [0.3, 0.4) is 0 Å². The SMILES string of the molecule is COC(=O)CCCS(=O)(=O)NC(CC(C)C)C(=O)N(C)C. The second-order valence-electron chi connectivity index (χ2n) is 5.53. The average molecular weight is 322 g/mol. The van der Waals surface area contributed by atoms with E-state index >= 15 is 0 Å². The number of hydrogen-bond acceptors (Lipinski definition) is 5. The van der Waals surface area contributed by atoms with Crippen LogP contribution in [0, 0.1) is 5.92 Å². The number of nitrogens with one attached hydrogen (secondary N) is 1. The molecule has 21 heavy (non-hydrogen) atoms. The molecule has 0 rings (SSSR count). The number of methoxy groups -OCH3 is 1. The predicted molar refractivity (Wildman–Crippen MR) is 80.1 cm³/mol. The highest BCUT2D eigenvalue weighted by Crippen LogP contribution is 2.09. The Morgan fingerprint density at radius 3 is 2.24 bits per heavy atom. The van der Waals surface area contributed by atoms with E-state index in [9.17, 15) is 18.0 Å². The summed E-state index contributed by atoms with van der Waals surface area (Å²) in [6, 6.07) is -0.775. The Morgan fingerprint density at radius 1 is 1.24 bits per heavy atom. The lowest BCUT2D eigenvalue weighted by Gasteiger charge is -2.23. The highest BCUT2D eigenvalue weighted by Gasteiger charge is 2.26. The van der Waals surface area contributed by atoms with Crippen molar-refractivity contribution in [3.8, 4) is 0 Å². The minimum Gasteiger partial charge on any atom is -0.469 e. The third kappa shape index (κ3) is 8.67. The molecule has 8 heteroatoms. The van der Waals surface area contributed by atoms with E-state index in [0.29, 0.717) is 6.42 Å². The molecule has 0 aliphatic carbocycles. The molecule has 7 nitrogen and oxygen atoms in total. The molecule has 0 aromatic heterocycles. The molecular formula is C13H26N2O5S. The maximum Gasteiger partial charge on any atom is 0.305 e. The van der Waals surface area contributed by atoms with Crippen molar-refractivity contribution in [2.24, 2.45) is 5.92 Å². The molecule has 0 spiro atoms. The summed E-state index contributed by atoms with van der Waals surface area (Å²) >= 11 is 0. The first-order valence-electron chi connectivity index (χ1n) is 6.87. The molecule has 1 N–H and O–H groups in total. The normalized spacial score (nSPS) is 13.0. The van der Waals surface area contributed by atoms with Gasteiger partial charge in [-0.1, -0.05) is 13.8 Å². The van der Waals surface area contributed by atoms with Crippen molar-refractivity contribution >= 4 is 21.9 Å². The van der Waals surface area contributed by atoms with Crippen molar-refractivity contribution in [3.63, 3.8) is 0 Å². The lowest BCUT2D eigenvalue weighted by atomic mass is 10.0. The number of nitrogens with zero attached hydrogens (tertiary/aromatic N) is 1. The third-order valence-corrected chi connectivity index (χ3v) is 4.26. The maximum absolute atomic E-state index is 12.0. The Kier molecular flexibility index (Phi) is 8.50. The Balaban J connectivity index is 4.66. The Hall–Kier alpha value is -1.15. The zero-order valence-electron chi connectivity index (χ0n) is 13.4. The summed E-state index contributed by atoms with van der Waals surface area (Å²) in [6.07, 6.45) is 0.619. The first kappa shape index (κ1) is 19.9. The van der Waals surface area contributed by atoms with Gasteiger partial charge >= 0.3 is 5.97 Å². The molecule has 124 valence electrons. The number of carbonyl (C=O) groups is 2. The quantitative estimate of drug-likeness (QED) is 0.619. The number of likely N-dealkylation sites (N-methyl/N-ethyl adjacent to an activating group) is 1. The molecule has 0 aliphatic heterocycles. The summed E-state index contributed by atoms with van der Waals surface area (Å²) in [7, 11) is 0.808. The van der Waals surface area contributed by atoms with Gasteiger partial charge in [0.1, 0.15) is 6.04 Å². The van der Waals surface area contributed by atoms with Crippen LogP contribution in [0.2, 0.25) is 0 Å². The van der Waals surface area contributed by atoms with Gasteiger partial charge in [-0.05, 0) is 18.8 Å². The van der Waals surface area contributed by atoms with Gasteiger partial charge in [0, 0.05) is 20.5 Å². The molecule has 0 fully saturated rings. The van der Waals surface area contributed by atoms with Gasteiger partial charge < -0.3 is 9.64 Å². The largest absolute Gasteiger partial charge is 0.469 e. The predicted octanol–water partition coefficient (Wildman–Crippen LogP) is 0.362. The van der Waals surface area contributed by atoms with Crippen molar-refractivity contribution in [2.45, 2.75) is 39.2 Å². The van der Waals surface area contributed by atoms with Crippen LogP contribution < -0.4 is 4.72 Å². The number of esters is 1. The van der Waals surface area contributed by atoms with Crippen LogP contribution in [0.5, 0.6) is 0 Å². The van der Waals surface area contributed by atoms with E-state index in [1.54, 1.807) is 14.1 Å². The van der Waals surface area contributed by atoms with Crippen molar-refractivity contribution < 1.29 is 22.7 Å². The second-order valence-corrected chi connectivity index (χ2v) is 7.40. The highest BCUT2D eigenvalue weighted by atomic mass is 32.2. The molecule has 0 radical (unpaired) electrons. The second kappa shape index (κ2) is 8.99. The molecular weight excluding hydrogens is 296 g/mol. The summed E-state index contributed by atoms with van der Waals surface area (Å²) < 4.78 is 30.9. The van der Waals surface area contributed by atoms with E-state index in [4.69, 9.17) is 0 Å². The third-order valence-electron chi connectivity index (χ3n) is 2.79. The molecule has 0 saturated heterocycles. The smallest absolute Gasteiger partial charge is 0.305 e. The van der Waals surface area contributed by atoms with Gasteiger partial charge in [0.15, 0.2) is 0 Å². The molecule has 0 bridgehead atoms. The summed E-state index contributed by atoms with van der Waals surface area (Å²) in [5.74, 6) is -0.762. The van der Waals surface area contributed by atoms with Crippen molar-refractivity contribution in [2.75, 3.05) is 27.0 Å². The fourth-order valence-electron chi connectivity index (χ4n) is 1.77. The molecule has 1 amide bonds. The summed E-state index contributed by atoms with van der Waals surface area (Å²) in [5.41, 5.74) is 0. The molecule has 0 saturated carbocycles. The molecule has 1 atom stereocenters. The van der Waals surface area contributed by atoms with Crippen LogP contribution in [0.4, 0.5) is 0 Å². The Labute approximate surface area is 127 Å². The average Bonchev–Trinajstić information content (AvgIpc) is 2.35. The Morgan fingerprint density at radius 2 is 1.81 bits per heavy atom. The standard InChI is InChI=1S/C13H26N2O5S/c1-10(2)9-11(13(17)15(3)4)14-21(18,19)8-6-7-12(16)20-5/h10-11,14H,6-9H2,1-5H3. The topological polar surface area (TPSA) is 92.8 Å². The van der Waals surface area contributed by atoms with Gasteiger partial charge in [-0.3, -0.25) is 9.59 Å². The lowest BCUT2D eigenvalue weighted by Crippen LogP contribution is -2.47. The van der Waals surface area contributed by atoms with E-state index < -0.39 is 22.0 Å². The maximum atomic E-state index is 12.0. The van der Waals surface area contributed by atoms with Crippen LogP contribution in [0.1, 0.15) is 33.1 Å². The van der Waals surface area contributed by atoms with Gasteiger partial charge in [-0.2, -0.15) is 0 Å². The number of amides is 1. The summed E-state index contributed by atoms with van der Waals surface area (Å²) in [6.45, 7) is 3.84. The minimum absolute atomic E-state index is 0.0356. The zero-order valence-corrected chi connectivity index (χ0v) is 14.2. The van der Waals surface area contributed by atoms with Crippen LogP contribution in [-0.4, -0.2) is 58.2 Å². The molecule has 0 aliphatic rings. The Bertz CT molecular complexity index is 445. The minimum atomic E-state index is -3.61. The molecule has 0 aromatic carbocycles. The number of ether oxygens (including phenoxy) is 1. The summed E-state index contributed by atoms with van der Waals surface area (Å²) in [5, 5.41) is 0. The zero-order chi connectivity index (χ0) is 16.6. The van der Waals surface area contributed by atoms with Gasteiger partial charge in [0.25, 0.3) is 0 Å². The van der Waals surface area contributed by atoms with E-state index in [1.165, 1.54) is 12.0 Å². The number of sulfonamides is 1. The van der Waals surface area contributed by atoms with E-state index in [0.717, 1.165) is 0 Å². The monoisotopic (exact) mass is 322 g/mol. The van der Waals surface area contributed by atoms with Crippen LogP contribution in [0.25, 0.3) is 0 Å². The number of hydrogen-bond donors (Lipinski definition) is 1. The summed E-state index contributed by atoms with van der Waals surface area (Å²) in [4.78, 5) is 24.3. The van der Waals surface area contributed by atoms with Crippen molar-refractivity contribution in [3.05, 3.63) is 0 Å². The number of carbonyl (C=O) groups excluding carboxylic acids is 2. The highest BCUT2D eigenvalue weighted by molar-refractivity contribution is 7.89. The molecule has 0 heterocycles. The van der Waals surface area contributed by atoms with Gasteiger partial charge in [0.2, 0.25) is 15.9 Å². The van der Waals surface area contributed by atoms with Crippen LogP contribution in [0.15, 0.2) is 0 Å². The van der Waals surface area contributed by atoms with Crippen molar-refractivity contribution in [1.82, 2.24) is 9.62 Å². The first-order chi connectivity index (χ1) is 9.59. The van der Waals surface area contributed by atoms with E-state index in [2.05, 4.69) is 9.46 Å². The lowest BCUT2D eigenvalue weighted by molar-refractivity contribution is -0.140. The van der Waals surface area contributed by atoms with E-state index in [1.807, 2.05) is 13.8 Å².